The number of anilines is 1. The van der Waals surface area contributed by atoms with Gasteiger partial charge >= 0.3 is 0 Å². The number of thiophene rings is 1. The minimum Gasteiger partial charge on any atom is -0.497 e. The molecule has 8 heteroatoms. The molecule has 0 saturated heterocycles. The Morgan fingerprint density at radius 3 is 2.81 bits per heavy atom. The van der Waals surface area contributed by atoms with E-state index in [1.807, 2.05) is 42.5 Å². The number of benzene rings is 1. The van der Waals surface area contributed by atoms with Gasteiger partial charge in [0.05, 0.1) is 32.5 Å². The van der Waals surface area contributed by atoms with Crippen molar-refractivity contribution >= 4 is 59.9 Å². The topological polar surface area (TPSA) is 55.3 Å². The highest BCUT2D eigenvalue weighted by Crippen LogP contribution is 2.34. The van der Waals surface area contributed by atoms with Crippen molar-refractivity contribution in [3.63, 3.8) is 0 Å². The van der Waals surface area contributed by atoms with Crippen LogP contribution < -0.4 is 9.64 Å². The molecule has 0 radical (unpaired) electrons. The van der Waals surface area contributed by atoms with Crippen molar-refractivity contribution in [2.24, 2.45) is 0 Å². The summed E-state index contributed by atoms with van der Waals surface area (Å²) < 4.78 is 7.20. The van der Waals surface area contributed by atoms with Crippen molar-refractivity contribution in [2.45, 2.75) is 6.54 Å². The number of fused-ring (bicyclic) bond motifs is 1. The smallest absolute Gasteiger partial charge is 0.270 e. The van der Waals surface area contributed by atoms with Gasteiger partial charge in [-0.1, -0.05) is 17.4 Å². The second-order valence-electron chi connectivity index (χ2n) is 5.69. The summed E-state index contributed by atoms with van der Waals surface area (Å²) in [7, 11) is 1.63. The highest BCUT2D eigenvalue weighted by atomic mass is 79.9. The average Bonchev–Trinajstić information content (AvgIpc) is 3.31. The van der Waals surface area contributed by atoms with Gasteiger partial charge in [-0.25, -0.2) is 4.98 Å². The molecule has 0 fully saturated rings. The average molecular weight is 460 g/mol. The summed E-state index contributed by atoms with van der Waals surface area (Å²) in [5, 5.41) is 0.650. The van der Waals surface area contributed by atoms with Crippen LogP contribution in [0.5, 0.6) is 5.75 Å². The zero-order chi connectivity index (χ0) is 18.8. The zero-order valence-electron chi connectivity index (χ0n) is 14.3. The van der Waals surface area contributed by atoms with Crippen LogP contribution in [0.2, 0.25) is 0 Å². The summed E-state index contributed by atoms with van der Waals surface area (Å²) in [5.41, 5.74) is 1.75. The summed E-state index contributed by atoms with van der Waals surface area (Å²) >= 11 is 6.32. The highest BCUT2D eigenvalue weighted by molar-refractivity contribution is 9.11. The van der Waals surface area contributed by atoms with E-state index in [0.29, 0.717) is 16.6 Å². The molecule has 136 valence electrons. The van der Waals surface area contributed by atoms with E-state index in [0.717, 1.165) is 25.3 Å². The summed E-state index contributed by atoms with van der Waals surface area (Å²) in [6.07, 6.45) is 3.48. The van der Waals surface area contributed by atoms with Crippen LogP contribution in [0.15, 0.2) is 58.6 Å². The number of thiazole rings is 1. The Hall–Kier alpha value is -2.29. The number of carbonyl (C=O) groups is 1. The van der Waals surface area contributed by atoms with E-state index in [-0.39, 0.29) is 5.91 Å². The highest BCUT2D eigenvalue weighted by Gasteiger charge is 2.23. The lowest BCUT2D eigenvalue weighted by Crippen LogP contribution is -2.29. The van der Waals surface area contributed by atoms with E-state index < -0.39 is 0 Å². The van der Waals surface area contributed by atoms with Crippen LogP contribution in [-0.4, -0.2) is 23.0 Å². The van der Waals surface area contributed by atoms with Crippen LogP contribution in [0.1, 0.15) is 15.2 Å². The normalized spacial score (nSPS) is 10.9. The first-order chi connectivity index (χ1) is 13.1. The quantitative estimate of drug-likeness (QED) is 0.402. The Labute approximate surface area is 172 Å². The van der Waals surface area contributed by atoms with Crippen molar-refractivity contribution in [1.29, 1.82) is 0 Å². The molecule has 0 atom stereocenters. The monoisotopic (exact) mass is 459 g/mol. The van der Waals surface area contributed by atoms with Crippen LogP contribution in [0.3, 0.4) is 0 Å². The number of methoxy groups -OCH3 is 1. The van der Waals surface area contributed by atoms with Crippen molar-refractivity contribution < 1.29 is 9.53 Å². The van der Waals surface area contributed by atoms with E-state index in [1.165, 1.54) is 22.7 Å². The lowest BCUT2D eigenvalue weighted by atomic mass is 10.2. The molecule has 0 aliphatic rings. The number of halogens is 1. The number of hydrogen-bond donors (Lipinski definition) is 0. The van der Waals surface area contributed by atoms with Crippen LogP contribution in [0.4, 0.5) is 5.13 Å². The lowest BCUT2D eigenvalue weighted by molar-refractivity contribution is 0.0989. The molecule has 0 aliphatic heterocycles. The van der Waals surface area contributed by atoms with Gasteiger partial charge < -0.3 is 4.74 Å². The molecule has 27 heavy (non-hydrogen) atoms. The standard InChI is InChI=1S/C19H14BrN3O2S2/c1-25-13-4-5-15-14(9-13)22-19(27-15)23(11-12-3-2-8-21-10-12)18(24)16-6-7-17(20)26-16/h2-10H,11H2,1H3. The maximum absolute atomic E-state index is 13.2. The summed E-state index contributed by atoms with van der Waals surface area (Å²) in [6.45, 7) is 0.402. The third-order valence-corrected chi connectivity index (χ3v) is 6.58. The molecule has 1 amide bonds. The molecular formula is C19H14BrN3O2S2. The van der Waals surface area contributed by atoms with Crippen molar-refractivity contribution in [2.75, 3.05) is 12.0 Å². The van der Waals surface area contributed by atoms with Gasteiger partial charge in [-0.15, -0.1) is 11.3 Å². The molecule has 3 heterocycles. The maximum atomic E-state index is 13.2. The van der Waals surface area contributed by atoms with E-state index >= 15 is 0 Å². The van der Waals surface area contributed by atoms with Gasteiger partial charge in [0, 0.05) is 18.5 Å². The van der Waals surface area contributed by atoms with E-state index in [9.17, 15) is 4.79 Å². The summed E-state index contributed by atoms with van der Waals surface area (Å²) in [6, 6.07) is 13.3. The minimum atomic E-state index is -0.0828. The zero-order valence-corrected chi connectivity index (χ0v) is 17.5. The fourth-order valence-corrected chi connectivity index (χ4v) is 4.88. The molecule has 0 saturated carbocycles. The SMILES string of the molecule is COc1ccc2sc(N(Cc3cccnc3)C(=O)c3ccc(Br)s3)nc2c1. The molecule has 0 bridgehead atoms. The van der Waals surface area contributed by atoms with Crippen LogP contribution in [0, 0.1) is 0 Å². The molecule has 4 aromatic rings. The summed E-state index contributed by atoms with van der Waals surface area (Å²) in [5.74, 6) is 0.659. The minimum absolute atomic E-state index is 0.0828. The Morgan fingerprint density at radius 2 is 2.11 bits per heavy atom. The molecule has 0 unspecified atom stereocenters. The van der Waals surface area contributed by atoms with E-state index in [4.69, 9.17) is 4.74 Å². The predicted octanol–water partition coefficient (Wildman–Crippen LogP) is 5.37. The summed E-state index contributed by atoms with van der Waals surface area (Å²) in [4.78, 5) is 24.4. The van der Waals surface area contributed by atoms with Crippen molar-refractivity contribution in [3.05, 3.63) is 69.1 Å². The molecule has 1 aromatic carbocycles. The number of carbonyl (C=O) groups excluding carboxylic acids is 1. The Balaban J connectivity index is 1.75. The molecule has 0 aliphatic carbocycles. The molecule has 0 spiro atoms. The first-order valence-electron chi connectivity index (χ1n) is 8.05. The Bertz CT molecular complexity index is 1090. The number of pyridine rings is 1. The predicted molar refractivity (Wildman–Crippen MR) is 113 cm³/mol. The third kappa shape index (κ3) is 3.87. The number of nitrogens with zero attached hydrogens (tertiary/aromatic N) is 3. The second kappa shape index (κ2) is 7.75. The third-order valence-electron chi connectivity index (χ3n) is 3.91. The first kappa shape index (κ1) is 18.1. The Kier molecular flexibility index (Phi) is 5.20. The number of rotatable bonds is 5. The largest absolute Gasteiger partial charge is 0.497 e. The van der Waals surface area contributed by atoms with Gasteiger partial charge in [0.1, 0.15) is 5.75 Å². The van der Waals surface area contributed by atoms with Gasteiger partial charge in [0.2, 0.25) is 0 Å². The van der Waals surface area contributed by atoms with Gasteiger partial charge in [-0.05, 0) is 51.8 Å². The molecular weight excluding hydrogens is 446 g/mol. The first-order valence-corrected chi connectivity index (χ1v) is 10.5. The van der Waals surface area contributed by atoms with E-state index in [2.05, 4.69) is 25.9 Å². The van der Waals surface area contributed by atoms with Gasteiger partial charge in [-0.3, -0.25) is 14.7 Å². The van der Waals surface area contributed by atoms with Crippen LogP contribution in [0.25, 0.3) is 10.2 Å². The Morgan fingerprint density at radius 1 is 1.22 bits per heavy atom. The fourth-order valence-electron chi connectivity index (χ4n) is 2.60. The molecule has 0 N–H and O–H groups in total. The number of ether oxygens (including phenoxy) is 1. The van der Waals surface area contributed by atoms with Gasteiger partial charge in [-0.2, -0.15) is 0 Å². The number of aromatic nitrogens is 2. The van der Waals surface area contributed by atoms with Gasteiger partial charge in [0.15, 0.2) is 5.13 Å². The van der Waals surface area contributed by atoms with Crippen LogP contribution in [-0.2, 0) is 6.54 Å². The fraction of sp³-hybridized carbons (Fsp3) is 0.105. The number of hydrogen-bond acceptors (Lipinski definition) is 6. The van der Waals surface area contributed by atoms with Crippen molar-refractivity contribution in [1.82, 2.24) is 9.97 Å². The van der Waals surface area contributed by atoms with Crippen molar-refractivity contribution in [3.8, 4) is 5.75 Å². The van der Waals surface area contributed by atoms with Crippen LogP contribution >= 0.6 is 38.6 Å². The van der Waals surface area contributed by atoms with E-state index in [1.54, 1.807) is 24.4 Å². The molecule has 5 nitrogen and oxygen atoms in total. The maximum Gasteiger partial charge on any atom is 0.270 e. The molecule has 4 rings (SSSR count). The second-order valence-corrected chi connectivity index (χ2v) is 9.16. The molecule has 3 aromatic heterocycles. The number of amides is 1. The lowest BCUT2D eigenvalue weighted by Gasteiger charge is -2.19. The van der Waals surface area contributed by atoms with Gasteiger partial charge in [0.25, 0.3) is 5.91 Å².